The predicted molar refractivity (Wildman–Crippen MR) is 111 cm³/mol. The third-order valence-corrected chi connectivity index (χ3v) is 6.08. The van der Waals surface area contributed by atoms with Gasteiger partial charge in [0.15, 0.2) is 10.1 Å². The molecule has 0 aliphatic carbocycles. The number of rotatable bonds is 8. The molecular formula is C21H19FN2O2S2. The minimum Gasteiger partial charge on any atom is -0.345 e. The fraction of sp³-hybridized carbons (Fsp3) is 0.190. The van der Waals surface area contributed by atoms with Crippen molar-refractivity contribution in [1.29, 1.82) is 0 Å². The van der Waals surface area contributed by atoms with Crippen LogP contribution in [0.3, 0.4) is 0 Å². The quantitative estimate of drug-likeness (QED) is 0.557. The number of thioether (sulfide) groups is 1. The number of carbonyl (C=O) groups is 2. The molecule has 0 fully saturated rings. The summed E-state index contributed by atoms with van der Waals surface area (Å²) in [6.07, 6.45) is 0.471. The minimum atomic E-state index is -0.540. The number of nitrogens with zero attached hydrogens (tertiary/aromatic N) is 1. The summed E-state index contributed by atoms with van der Waals surface area (Å²) in [5.74, 6) is -0.398. The summed E-state index contributed by atoms with van der Waals surface area (Å²) in [6.45, 7) is 1.48. The van der Waals surface area contributed by atoms with Crippen LogP contribution in [0.5, 0.6) is 0 Å². The molecule has 1 aromatic heterocycles. The highest BCUT2D eigenvalue weighted by molar-refractivity contribution is 8.01. The topological polar surface area (TPSA) is 59.1 Å². The van der Waals surface area contributed by atoms with Gasteiger partial charge in [-0.05, 0) is 43.2 Å². The van der Waals surface area contributed by atoms with Gasteiger partial charge in [-0.3, -0.25) is 9.59 Å². The van der Waals surface area contributed by atoms with Gasteiger partial charge in [-0.1, -0.05) is 42.1 Å². The lowest BCUT2D eigenvalue weighted by molar-refractivity contribution is -0.125. The molecule has 0 aliphatic rings. The van der Waals surface area contributed by atoms with Crippen LogP contribution in [0.25, 0.3) is 11.3 Å². The molecule has 1 heterocycles. The summed E-state index contributed by atoms with van der Waals surface area (Å²) in [5, 5.41) is 4.68. The van der Waals surface area contributed by atoms with E-state index in [-0.39, 0.29) is 23.3 Å². The van der Waals surface area contributed by atoms with E-state index in [9.17, 15) is 14.0 Å². The van der Waals surface area contributed by atoms with Crippen LogP contribution >= 0.6 is 23.1 Å². The monoisotopic (exact) mass is 414 g/mol. The van der Waals surface area contributed by atoms with E-state index in [0.29, 0.717) is 6.42 Å². The van der Waals surface area contributed by atoms with Gasteiger partial charge in [0.2, 0.25) is 5.91 Å². The van der Waals surface area contributed by atoms with Gasteiger partial charge in [0.1, 0.15) is 5.82 Å². The van der Waals surface area contributed by atoms with Crippen LogP contribution in [0.1, 0.15) is 12.5 Å². The zero-order valence-electron chi connectivity index (χ0n) is 15.2. The maximum atomic E-state index is 13.0. The second-order valence-electron chi connectivity index (χ2n) is 6.21. The average molecular weight is 415 g/mol. The average Bonchev–Trinajstić information content (AvgIpc) is 3.16. The summed E-state index contributed by atoms with van der Waals surface area (Å²) in [5.41, 5.74) is 2.58. The maximum Gasteiger partial charge on any atom is 0.231 e. The Kier molecular flexibility index (Phi) is 6.95. The highest BCUT2D eigenvalue weighted by Gasteiger charge is 2.18. The van der Waals surface area contributed by atoms with Crippen molar-refractivity contribution in [1.82, 2.24) is 10.3 Å². The van der Waals surface area contributed by atoms with E-state index in [1.807, 2.05) is 35.7 Å². The number of nitrogens with one attached hydrogen (secondary N) is 1. The standard InChI is InChI=1S/C21H19FN2O2S2/c1-14(25)18(11-15-5-3-2-4-6-15)23-20(26)13-28-21-24-19(12-27-21)16-7-9-17(22)10-8-16/h2-10,12,18H,11,13H2,1H3,(H,23,26)/t18-/m0/s1. The lowest BCUT2D eigenvalue weighted by Gasteiger charge is -2.15. The third kappa shape index (κ3) is 5.74. The molecule has 0 unspecified atom stereocenters. The van der Waals surface area contributed by atoms with Gasteiger partial charge in [0.25, 0.3) is 0 Å². The molecule has 28 heavy (non-hydrogen) atoms. The van der Waals surface area contributed by atoms with Gasteiger partial charge in [-0.25, -0.2) is 9.37 Å². The first-order chi connectivity index (χ1) is 13.5. The van der Waals surface area contributed by atoms with Crippen LogP contribution in [0, 0.1) is 5.82 Å². The van der Waals surface area contributed by atoms with E-state index in [1.165, 1.54) is 42.2 Å². The van der Waals surface area contributed by atoms with Gasteiger partial charge in [-0.15, -0.1) is 11.3 Å². The molecule has 1 atom stereocenters. The van der Waals surface area contributed by atoms with Crippen molar-refractivity contribution in [2.75, 3.05) is 5.75 Å². The van der Waals surface area contributed by atoms with E-state index < -0.39 is 6.04 Å². The summed E-state index contributed by atoms with van der Waals surface area (Å²) in [4.78, 5) is 28.6. The first kappa shape index (κ1) is 20.2. The highest BCUT2D eigenvalue weighted by atomic mass is 32.2. The summed E-state index contributed by atoms with van der Waals surface area (Å²) in [6, 6.07) is 15.2. The normalized spacial score (nSPS) is 11.8. The van der Waals surface area contributed by atoms with Crippen molar-refractivity contribution in [3.63, 3.8) is 0 Å². The number of aromatic nitrogens is 1. The van der Waals surface area contributed by atoms with Gasteiger partial charge < -0.3 is 5.32 Å². The third-order valence-electron chi connectivity index (χ3n) is 4.06. The highest BCUT2D eigenvalue weighted by Crippen LogP contribution is 2.28. The van der Waals surface area contributed by atoms with Crippen LogP contribution in [0.15, 0.2) is 64.3 Å². The van der Waals surface area contributed by atoms with E-state index in [1.54, 1.807) is 12.1 Å². The van der Waals surface area contributed by atoms with Crippen molar-refractivity contribution in [3.05, 3.63) is 71.4 Å². The number of hydrogen-bond donors (Lipinski definition) is 1. The predicted octanol–water partition coefficient (Wildman–Crippen LogP) is 4.36. The molecule has 3 rings (SSSR count). The van der Waals surface area contributed by atoms with Crippen LogP contribution in [-0.2, 0) is 16.0 Å². The van der Waals surface area contributed by atoms with E-state index >= 15 is 0 Å². The molecule has 3 aromatic rings. The van der Waals surface area contributed by atoms with Crippen LogP contribution in [-0.4, -0.2) is 28.5 Å². The Morgan fingerprint density at radius 1 is 1.14 bits per heavy atom. The number of ketones is 1. The number of hydrogen-bond acceptors (Lipinski definition) is 5. The molecule has 0 aliphatic heterocycles. The van der Waals surface area contributed by atoms with Crippen LogP contribution < -0.4 is 5.32 Å². The second-order valence-corrected chi connectivity index (χ2v) is 8.30. The van der Waals surface area contributed by atoms with Crippen LogP contribution in [0.2, 0.25) is 0 Å². The zero-order chi connectivity index (χ0) is 19.9. The Morgan fingerprint density at radius 2 is 1.86 bits per heavy atom. The lowest BCUT2D eigenvalue weighted by Crippen LogP contribution is -2.42. The Bertz CT molecular complexity index is 943. The molecular weight excluding hydrogens is 395 g/mol. The molecule has 0 spiro atoms. The molecule has 144 valence electrons. The fourth-order valence-corrected chi connectivity index (χ4v) is 4.23. The first-order valence-corrected chi connectivity index (χ1v) is 10.6. The Hall–Kier alpha value is -2.51. The molecule has 7 heteroatoms. The van der Waals surface area contributed by atoms with Crippen molar-refractivity contribution in [2.45, 2.75) is 23.7 Å². The Labute approximate surface area is 171 Å². The number of halogens is 1. The van der Waals surface area contributed by atoms with E-state index in [2.05, 4.69) is 10.3 Å². The van der Waals surface area contributed by atoms with Gasteiger partial charge in [0.05, 0.1) is 17.5 Å². The summed E-state index contributed by atoms with van der Waals surface area (Å²) in [7, 11) is 0. The molecule has 0 radical (unpaired) electrons. The van der Waals surface area contributed by atoms with Crippen molar-refractivity contribution >= 4 is 34.8 Å². The molecule has 0 saturated heterocycles. The van der Waals surface area contributed by atoms with Crippen molar-refractivity contribution < 1.29 is 14.0 Å². The van der Waals surface area contributed by atoms with Crippen LogP contribution in [0.4, 0.5) is 4.39 Å². The first-order valence-electron chi connectivity index (χ1n) is 8.69. The molecule has 1 amide bonds. The fourth-order valence-electron chi connectivity index (χ4n) is 2.59. The summed E-state index contributed by atoms with van der Waals surface area (Å²) >= 11 is 2.75. The number of Topliss-reactive ketones (excluding diaryl/α,β-unsaturated/α-hetero) is 1. The van der Waals surface area contributed by atoms with Gasteiger partial charge in [0, 0.05) is 10.9 Å². The number of thiazole rings is 1. The molecule has 0 saturated carbocycles. The Balaban J connectivity index is 1.54. The molecule has 0 bridgehead atoms. The molecule has 1 N–H and O–H groups in total. The van der Waals surface area contributed by atoms with Crippen molar-refractivity contribution in [2.24, 2.45) is 0 Å². The maximum absolute atomic E-state index is 13.0. The SMILES string of the molecule is CC(=O)[C@H](Cc1ccccc1)NC(=O)CSc1nc(-c2ccc(F)cc2)cs1. The largest absolute Gasteiger partial charge is 0.345 e. The second kappa shape index (κ2) is 9.61. The van der Waals surface area contributed by atoms with E-state index in [0.717, 1.165) is 21.2 Å². The molecule has 2 aromatic carbocycles. The minimum absolute atomic E-state index is 0.0740. The number of amides is 1. The van der Waals surface area contributed by atoms with Gasteiger partial charge in [-0.2, -0.15) is 0 Å². The zero-order valence-corrected chi connectivity index (χ0v) is 16.9. The van der Waals surface area contributed by atoms with Crippen molar-refractivity contribution in [3.8, 4) is 11.3 Å². The number of carbonyl (C=O) groups excluding carboxylic acids is 2. The Morgan fingerprint density at radius 3 is 2.54 bits per heavy atom. The molecule has 4 nitrogen and oxygen atoms in total. The lowest BCUT2D eigenvalue weighted by atomic mass is 10.0. The van der Waals surface area contributed by atoms with Gasteiger partial charge >= 0.3 is 0 Å². The van der Waals surface area contributed by atoms with E-state index in [4.69, 9.17) is 0 Å². The smallest absolute Gasteiger partial charge is 0.231 e. The summed E-state index contributed by atoms with van der Waals surface area (Å²) < 4.78 is 13.8. The number of benzene rings is 2.